The van der Waals surface area contributed by atoms with Crippen molar-refractivity contribution in [2.75, 3.05) is 59.5 Å². The summed E-state index contributed by atoms with van der Waals surface area (Å²) in [6.45, 7) is 12.2. The van der Waals surface area contributed by atoms with Crippen molar-refractivity contribution >= 4 is 0 Å². The van der Waals surface area contributed by atoms with Crippen molar-refractivity contribution in [2.45, 2.75) is 47.6 Å². The minimum Gasteiger partial charge on any atom is -0.396 e. The molecule has 0 aliphatic carbocycles. The average Bonchev–Trinajstić information content (AvgIpc) is 2.70. The van der Waals surface area contributed by atoms with Gasteiger partial charge in [-0.1, -0.05) is 13.8 Å². The molecule has 3 aliphatic heterocycles. The number of rotatable bonds is 9. The van der Waals surface area contributed by atoms with E-state index in [1.807, 2.05) is 20.8 Å². The molecule has 3 heterocycles. The van der Waals surface area contributed by atoms with E-state index in [0.717, 1.165) is 19.8 Å². The van der Waals surface area contributed by atoms with Crippen molar-refractivity contribution in [1.82, 2.24) is 0 Å². The van der Waals surface area contributed by atoms with Crippen LogP contribution in [0.3, 0.4) is 0 Å². The summed E-state index contributed by atoms with van der Waals surface area (Å²) in [6, 6.07) is 0. The minimum absolute atomic E-state index is 0.120. The van der Waals surface area contributed by atoms with Gasteiger partial charge in [-0.25, -0.2) is 0 Å². The Bertz CT molecular complexity index is 305. The number of ether oxygens (including phenoxy) is 6. The zero-order valence-corrected chi connectivity index (χ0v) is 17.3. The van der Waals surface area contributed by atoms with Crippen LogP contribution in [-0.2, 0) is 28.4 Å². The fourth-order valence-electron chi connectivity index (χ4n) is 1.78. The Kier molecular flexibility index (Phi) is 14.4. The van der Waals surface area contributed by atoms with Crippen LogP contribution in [0, 0.1) is 10.8 Å². The van der Waals surface area contributed by atoms with Gasteiger partial charge in [-0.3, -0.25) is 0 Å². The van der Waals surface area contributed by atoms with Gasteiger partial charge in [0.2, 0.25) is 0 Å². The lowest BCUT2D eigenvalue weighted by atomic mass is 9.93. The first-order valence-corrected chi connectivity index (χ1v) is 9.34. The molecule has 27 heavy (non-hydrogen) atoms. The Hall–Kier alpha value is -0.360. The largest absolute Gasteiger partial charge is 0.396 e. The van der Waals surface area contributed by atoms with E-state index in [2.05, 4.69) is 6.92 Å². The first-order chi connectivity index (χ1) is 12.8. The second kappa shape index (κ2) is 14.6. The molecule has 3 N–H and O–H groups in total. The molecule has 3 fully saturated rings. The highest BCUT2D eigenvalue weighted by atomic mass is 16.9. The van der Waals surface area contributed by atoms with Crippen molar-refractivity contribution in [3.8, 4) is 0 Å². The lowest BCUT2D eigenvalue weighted by Crippen LogP contribution is -2.50. The van der Waals surface area contributed by atoms with Crippen LogP contribution in [0.4, 0.5) is 0 Å². The zero-order chi connectivity index (χ0) is 20.8. The van der Waals surface area contributed by atoms with Crippen LogP contribution < -0.4 is 0 Å². The lowest BCUT2D eigenvalue weighted by Gasteiger charge is -2.42. The maximum absolute atomic E-state index is 8.47. The first kappa shape index (κ1) is 26.6. The summed E-state index contributed by atoms with van der Waals surface area (Å²) < 4.78 is 30.6. The molecule has 2 bridgehead atoms. The smallest absolute Gasteiger partial charge is 0.271 e. The van der Waals surface area contributed by atoms with E-state index in [1.54, 1.807) is 6.92 Å². The van der Waals surface area contributed by atoms with Crippen LogP contribution >= 0.6 is 0 Å². The molecule has 0 radical (unpaired) electrons. The molecule has 9 nitrogen and oxygen atoms in total. The molecule has 0 aromatic heterocycles. The number of hydrogen-bond acceptors (Lipinski definition) is 9. The highest BCUT2D eigenvalue weighted by Gasteiger charge is 2.39. The van der Waals surface area contributed by atoms with E-state index in [4.69, 9.17) is 43.7 Å². The summed E-state index contributed by atoms with van der Waals surface area (Å²) in [6.07, 6.45) is 0. The predicted octanol–water partition coefficient (Wildman–Crippen LogP) is 0.702. The van der Waals surface area contributed by atoms with E-state index in [0.29, 0.717) is 19.8 Å². The number of hydrogen-bond donors (Lipinski definition) is 3. The van der Waals surface area contributed by atoms with Crippen molar-refractivity contribution < 1.29 is 43.7 Å². The minimum atomic E-state index is -0.708. The fraction of sp³-hybridized carbons (Fsp3) is 1.00. The number of aliphatic hydroxyl groups excluding tert-OH is 3. The van der Waals surface area contributed by atoms with E-state index < -0.39 is 11.9 Å². The summed E-state index contributed by atoms with van der Waals surface area (Å²) >= 11 is 0. The normalized spacial score (nSPS) is 24.1. The van der Waals surface area contributed by atoms with Crippen molar-refractivity contribution in [3.63, 3.8) is 0 Å². The van der Waals surface area contributed by atoms with Gasteiger partial charge in [-0.2, -0.15) is 0 Å². The molecule has 0 aromatic carbocycles. The highest BCUT2D eigenvalue weighted by Crippen LogP contribution is 2.30. The third kappa shape index (κ3) is 11.3. The molecular formula is C18H38O9. The topological polar surface area (TPSA) is 116 Å². The highest BCUT2D eigenvalue weighted by molar-refractivity contribution is 4.78. The lowest BCUT2D eigenvalue weighted by molar-refractivity contribution is -0.391. The average molecular weight is 398 g/mol. The summed E-state index contributed by atoms with van der Waals surface area (Å²) in [7, 11) is 0. The Morgan fingerprint density at radius 2 is 1.19 bits per heavy atom. The summed E-state index contributed by atoms with van der Waals surface area (Å²) in [4.78, 5) is 0. The second-order valence-electron chi connectivity index (χ2n) is 6.97. The Morgan fingerprint density at radius 3 is 1.33 bits per heavy atom. The van der Waals surface area contributed by atoms with Gasteiger partial charge in [0.15, 0.2) is 0 Å². The van der Waals surface area contributed by atoms with Gasteiger partial charge in [-0.15, -0.1) is 0 Å². The molecule has 0 saturated carbocycles. The van der Waals surface area contributed by atoms with Crippen LogP contribution in [0.5, 0.6) is 0 Å². The van der Waals surface area contributed by atoms with Gasteiger partial charge in [0.1, 0.15) is 0 Å². The number of fused-ring (bicyclic) bond motifs is 3. The van der Waals surface area contributed by atoms with Gasteiger partial charge >= 0.3 is 0 Å². The molecule has 0 spiro atoms. The van der Waals surface area contributed by atoms with Crippen molar-refractivity contribution in [1.29, 1.82) is 0 Å². The molecule has 9 heteroatoms. The molecule has 3 saturated heterocycles. The molecule has 3 rings (SSSR count). The van der Waals surface area contributed by atoms with Gasteiger partial charge in [0.25, 0.3) is 13.0 Å². The Balaban J connectivity index is 0.000000378. The molecule has 164 valence electrons. The third-order valence-electron chi connectivity index (χ3n) is 3.76. The molecular weight excluding hydrogens is 360 g/mol. The molecule has 0 unspecified atom stereocenters. The van der Waals surface area contributed by atoms with Gasteiger partial charge < -0.3 is 43.7 Å². The third-order valence-corrected chi connectivity index (χ3v) is 3.76. The maximum atomic E-state index is 8.47. The van der Waals surface area contributed by atoms with E-state index >= 15 is 0 Å². The Labute approximate surface area is 162 Å². The van der Waals surface area contributed by atoms with Crippen LogP contribution in [0.1, 0.15) is 34.6 Å². The molecule has 0 aromatic rings. The quantitative estimate of drug-likeness (QED) is 0.483. The van der Waals surface area contributed by atoms with Crippen molar-refractivity contribution in [2.24, 2.45) is 10.8 Å². The maximum Gasteiger partial charge on any atom is 0.271 e. The van der Waals surface area contributed by atoms with E-state index in [1.165, 1.54) is 0 Å². The van der Waals surface area contributed by atoms with Crippen LogP contribution in [0.25, 0.3) is 0 Å². The second-order valence-corrected chi connectivity index (χ2v) is 6.97. The standard InChI is InChI=1S/C7H16O3.C6H10O3.C5H12O3/c1-4-8-7(9-5-2)10-6-3;1-6-2-7-5(8-3-6)9-4-6;1-5(2-6,3-7)4-8/h7H,4-6H2,1-3H3;5H,2-4H2,1H3;6-8H,2-4H2,1H3. The SMILES string of the molecule is CC(CO)(CO)CO.CC12COC(OC1)OC2.CCOC(OCC)OCC. The fourth-order valence-corrected chi connectivity index (χ4v) is 1.78. The van der Waals surface area contributed by atoms with E-state index in [-0.39, 0.29) is 31.7 Å². The molecule has 0 amide bonds. The summed E-state index contributed by atoms with van der Waals surface area (Å²) in [5.41, 5.74) is -0.589. The number of aliphatic hydroxyl groups is 3. The monoisotopic (exact) mass is 398 g/mol. The Morgan fingerprint density at radius 1 is 0.852 bits per heavy atom. The van der Waals surface area contributed by atoms with Gasteiger partial charge in [0, 0.05) is 30.7 Å². The first-order valence-electron chi connectivity index (χ1n) is 9.34. The van der Waals surface area contributed by atoms with Crippen LogP contribution in [0.2, 0.25) is 0 Å². The zero-order valence-electron chi connectivity index (χ0n) is 17.3. The van der Waals surface area contributed by atoms with Crippen LogP contribution in [-0.4, -0.2) is 87.7 Å². The summed E-state index contributed by atoms with van der Waals surface area (Å²) in [5, 5.41) is 25.4. The van der Waals surface area contributed by atoms with Crippen molar-refractivity contribution in [3.05, 3.63) is 0 Å². The molecule has 3 aliphatic rings. The predicted molar refractivity (Wildman–Crippen MR) is 97.8 cm³/mol. The summed E-state index contributed by atoms with van der Waals surface area (Å²) in [5.74, 6) is 0. The van der Waals surface area contributed by atoms with Gasteiger partial charge in [-0.05, 0) is 20.8 Å². The van der Waals surface area contributed by atoms with Crippen LogP contribution in [0.15, 0.2) is 0 Å². The van der Waals surface area contributed by atoms with E-state index in [9.17, 15) is 0 Å². The van der Waals surface area contributed by atoms with Gasteiger partial charge in [0.05, 0.1) is 39.6 Å². The molecule has 0 atom stereocenters.